The number of hydrogen-bond acceptors (Lipinski definition) is 6. The van der Waals surface area contributed by atoms with E-state index < -0.39 is 14.9 Å². The third-order valence-electron chi connectivity index (χ3n) is 4.39. The molecule has 0 heterocycles. The molecule has 11 heteroatoms. The van der Waals surface area contributed by atoms with Crippen molar-refractivity contribution in [3.63, 3.8) is 0 Å². The van der Waals surface area contributed by atoms with Gasteiger partial charge in [0.25, 0.3) is 5.69 Å². The zero-order valence-electron chi connectivity index (χ0n) is 15.8. The minimum Gasteiger partial charge on any atom is -0.393 e. The van der Waals surface area contributed by atoms with Crippen LogP contribution in [-0.2, 0) is 10.0 Å². The zero-order valence-corrected chi connectivity index (χ0v) is 16.6. The predicted octanol–water partition coefficient (Wildman–Crippen LogP) is 0.732. The van der Waals surface area contributed by atoms with Gasteiger partial charge in [-0.1, -0.05) is 6.07 Å². The first kappa shape index (κ1) is 22.1. The SMILES string of the molecule is CCNC(=NCCNS(=O)(=O)c1cccc([N+](=O)[O-])c1)NC1CCC(O)CC1. The lowest BCUT2D eigenvalue weighted by Gasteiger charge is -2.27. The molecule has 156 valence electrons. The Hall–Kier alpha value is -2.24. The third kappa shape index (κ3) is 6.73. The molecule has 1 aliphatic rings. The highest BCUT2D eigenvalue weighted by Gasteiger charge is 2.20. The first-order chi connectivity index (χ1) is 13.3. The van der Waals surface area contributed by atoms with Crippen LogP contribution in [0.25, 0.3) is 0 Å². The second-order valence-corrected chi connectivity index (χ2v) is 8.33. The van der Waals surface area contributed by atoms with Crippen LogP contribution in [0.5, 0.6) is 0 Å². The Labute approximate surface area is 164 Å². The second-order valence-electron chi connectivity index (χ2n) is 6.56. The Morgan fingerprint density at radius 1 is 1.32 bits per heavy atom. The van der Waals surface area contributed by atoms with E-state index in [0.29, 0.717) is 12.5 Å². The Morgan fingerprint density at radius 2 is 2.04 bits per heavy atom. The van der Waals surface area contributed by atoms with Crippen LogP contribution in [0.4, 0.5) is 5.69 Å². The number of aliphatic hydroxyl groups is 1. The minimum absolute atomic E-state index is 0.0605. The van der Waals surface area contributed by atoms with E-state index in [0.717, 1.165) is 31.7 Å². The molecule has 0 radical (unpaired) electrons. The molecular formula is C17H27N5O5S. The number of nitrogens with one attached hydrogen (secondary N) is 3. The van der Waals surface area contributed by atoms with Crippen LogP contribution in [0, 0.1) is 10.1 Å². The van der Waals surface area contributed by atoms with Gasteiger partial charge in [-0.25, -0.2) is 13.1 Å². The van der Waals surface area contributed by atoms with Gasteiger partial charge in [0.05, 0.1) is 22.5 Å². The van der Waals surface area contributed by atoms with Crippen LogP contribution >= 0.6 is 0 Å². The van der Waals surface area contributed by atoms with Crippen molar-refractivity contribution in [3.05, 3.63) is 34.4 Å². The van der Waals surface area contributed by atoms with Crippen LogP contribution in [0.2, 0.25) is 0 Å². The highest BCUT2D eigenvalue weighted by atomic mass is 32.2. The fourth-order valence-corrected chi connectivity index (χ4v) is 3.99. The molecule has 0 amide bonds. The summed E-state index contributed by atoms with van der Waals surface area (Å²) in [4.78, 5) is 14.4. The van der Waals surface area contributed by atoms with Gasteiger partial charge in [-0.2, -0.15) is 0 Å². The van der Waals surface area contributed by atoms with Gasteiger partial charge in [-0.05, 0) is 38.7 Å². The summed E-state index contributed by atoms with van der Waals surface area (Å²) in [7, 11) is -3.85. The maximum absolute atomic E-state index is 12.3. The predicted molar refractivity (Wildman–Crippen MR) is 106 cm³/mol. The molecular weight excluding hydrogens is 386 g/mol. The van der Waals surface area contributed by atoms with Crippen molar-refractivity contribution in [1.82, 2.24) is 15.4 Å². The average Bonchev–Trinajstić information content (AvgIpc) is 2.67. The Morgan fingerprint density at radius 3 is 2.68 bits per heavy atom. The van der Waals surface area contributed by atoms with Gasteiger partial charge in [-0.15, -0.1) is 0 Å². The summed E-state index contributed by atoms with van der Waals surface area (Å²) in [6.45, 7) is 2.87. The van der Waals surface area contributed by atoms with Gasteiger partial charge in [0.1, 0.15) is 0 Å². The molecule has 0 aliphatic heterocycles. The summed E-state index contributed by atoms with van der Waals surface area (Å²) in [5.41, 5.74) is -0.280. The molecule has 1 aromatic rings. The number of non-ortho nitro benzene ring substituents is 1. The minimum atomic E-state index is -3.85. The van der Waals surface area contributed by atoms with E-state index in [9.17, 15) is 23.6 Å². The molecule has 28 heavy (non-hydrogen) atoms. The molecule has 0 saturated heterocycles. The van der Waals surface area contributed by atoms with Crippen molar-refractivity contribution in [1.29, 1.82) is 0 Å². The van der Waals surface area contributed by atoms with E-state index >= 15 is 0 Å². The normalized spacial score (nSPS) is 20.6. The number of nitro groups is 1. The van der Waals surface area contributed by atoms with Gasteiger partial charge in [0, 0.05) is 31.3 Å². The summed E-state index contributed by atoms with van der Waals surface area (Å²) in [6.07, 6.45) is 2.97. The molecule has 10 nitrogen and oxygen atoms in total. The summed E-state index contributed by atoms with van der Waals surface area (Å²) in [5.74, 6) is 0.596. The van der Waals surface area contributed by atoms with Crippen molar-refractivity contribution < 1.29 is 18.4 Å². The van der Waals surface area contributed by atoms with Crippen LogP contribution in [0.15, 0.2) is 34.2 Å². The largest absolute Gasteiger partial charge is 0.393 e. The van der Waals surface area contributed by atoms with Crippen LogP contribution in [-0.4, -0.2) is 56.2 Å². The topological polar surface area (TPSA) is 146 Å². The molecule has 0 bridgehead atoms. The number of benzene rings is 1. The number of nitro benzene ring substituents is 1. The van der Waals surface area contributed by atoms with Crippen LogP contribution in [0.1, 0.15) is 32.6 Å². The molecule has 1 fully saturated rings. The van der Waals surface area contributed by atoms with Crippen molar-refractivity contribution in [2.24, 2.45) is 4.99 Å². The Balaban J connectivity index is 1.90. The number of rotatable bonds is 8. The van der Waals surface area contributed by atoms with Gasteiger partial charge in [0.15, 0.2) is 5.96 Å². The van der Waals surface area contributed by atoms with Crippen molar-refractivity contribution in [3.8, 4) is 0 Å². The molecule has 0 atom stereocenters. The lowest BCUT2D eigenvalue weighted by Crippen LogP contribution is -2.45. The van der Waals surface area contributed by atoms with Gasteiger partial charge < -0.3 is 15.7 Å². The van der Waals surface area contributed by atoms with Crippen LogP contribution in [0.3, 0.4) is 0 Å². The molecule has 0 spiro atoms. The first-order valence-corrected chi connectivity index (χ1v) is 10.8. The number of sulfonamides is 1. The molecule has 1 aromatic carbocycles. The van der Waals surface area contributed by atoms with E-state index in [-0.39, 0.29) is 35.8 Å². The fraction of sp³-hybridized carbons (Fsp3) is 0.588. The van der Waals surface area contributed by atoms with E-state index in [1.807, 2.05) is 6.92 Å². The van der Waals surface area contributed by atoms with E-state index in [1.165, 1.54) is 18.2 Å². The molecule has 0 unspecified atom stereocenters. The monoisotopic (exact) mass is 413 g/mol. The van der Waals surface area contributed by atoms with Gasteiger partial charge in [-0.3, -0.25) is 15.1 Å². The molecule has 1 saturated carbocycles. The standard InChI is InChI=1S/C17H27N5O5S/c1-2-18-17(21-13-6-8-15(23)9-7-13)19-10-11-20-28(26,27)16-5-3-4-14(12-16)22(24)25/h3-5,12-13,15,20,23H,2,6-11H2,1H3,(H2,18,19,21). The summed E-state index contributed by atoms with van der Waals surface area (Å²) in [5, 5.41) is 26.8. The Bertz CT molecular complexity index is 791. The van der Waals surface area contributed by atoms with Crippen LogP contribution < -0.4 is 15.4 Å². The summed E-state index contributed by atoms with van der Waals surface area (Å²) < 4.78 is 27.0. The van der Waals surface area contributed by atoms with E-state index in [4.69, 9.17) is 0 Å². The van der Waals surface area contributed by atoms with Crippen molar-refractivity contribution >= 4 is 21.7 Å². The number of aliphatic hydroxyl groups excluding tert-OH is 1. The highest BCUT2D eigenvalue weighted by Crippen LogP contribution is 2.18. The van der Waals surface area contributed by atoms with E-state index in [1.54, 1.807) is 0 Å². The van der Waals surface area contributed by atoms with Gasteiger partial charge >= 0.3 is 0 Å². The third-order valence-corrected chi connectivity index (χ3v) is 5.85. The molecule has 0 aromatic heterocycles. The Kier molecular flexibility index (Phi) is 8.15. The lowest BCUT2D eigenvalue weighted by molar-refractivity contribution is -0.385. The highest BCUT2D eigenvalue weighted by molar-refractivity contribution is 7.89. The average molecular weight is 414 g/mol. The van der Waals surface area contributed by atoms with E-state index in [2.05, 4.69) is 20.3 Å². The number of aliphatic imine (C=N–C) groups is 1. The maximum atomic E-state index is 12.3. The number of guanidine groups is 1. The first-order valence-electron chi connectivity index (χ1n) is 9.29. The lowest BCUT2D eigenvalue weighted by atomic mass is 9.93. The van der Waals surface area contributed by atoms with Crippen molar-refractivity contribution in [2.75, 3.05) is 19.6 Å². The van der Waals surface area contributed by atoms with Crippen molar-refractivity contribution in [2.45, 2.75) is 49.6 Å². The quantitative estimate of drug-likeness (QED) is 0.162. The molecule has 4 N–H and O–H groups in total. The fourth-order valence-electron chi connectivity index (χ4n) is 2.93. The smallest absolute Gasteiger partial charge is 0.270 e. The van der Waals surface area contributed by atoms with Gasteiger partial charge in [0.2, 0.25) is 10.0 Å². The zero-order chi connectivity index (χ0) is 20.6. The number of nitrogens with zero attached hydrogens (tertiary/aromatic N) is 2. The summed E-state index contributed by atoms with van der Waals surface area (Å²) in [6, 6.07) is 5.13. The maximum Gasteiger partial charge on any atom is 0.270 e. The molecule has 2 rings (SSSR count). The summed E-state index contributed by atoms with van der Waals surface area (Å²) >= 11 is 0. The number of hydrogen-bond donors (Lipinski definition) is 4. The molecule has 1 aliphatic carbocycles. The second kappa shape index (κ2) is 10.3.